The molecule has 0 unspecified atom stereocenters. The zero-order valence-corrected chi connectivity index (χ0v) is 9.50. The van der Waals surface area contributed by atoms with E-state index in [2.05, 4.69) is 16.6 Å². The Bertz CT molecular complexity index is 553. The summed E-state index contributed by atoms with van der Waals surface area (Å²) in [6.45, 7) is 1.81. The Morgan fingerprint density at radius 1 is 1.56 bits per heavy atom. The largest absolute Gasteiger partial charge is 0.456 e. The number of benzene rings is 1. The van der Waals surface area contributed by atoms with Gasteiger partial charge in [0.2, 0.25) is 0 Å². The molecule has 0 aliphatic rings. The predicted molar refractivity (Wildman–Crippen MR) is 62.0 cm³/mol. The van der Waals surface area contributed by atoms with Crippen molar-refractivity contribution in [3.8, 4) is 11.8 Å². The summed E-state index contributed by atoms with van der Waals surface area (Å²) in [5, 5.41) is 10.8. The van der Waals surface area contributed by atoms with Crippen LogP contribution in [0.1, 0.15) is 22.8 Å². The maximum absolute atomic E-state index is 11.0. The van der Waals surface area contributed by atoms with Crippen molar-refractivity contribution in [3.05, 3.63) is 39.4 Å². The molecule has 1 rings (SSSR count). The molecule has 0 aliphatic carbocycles. The monoisotopic (exact) mass is 247 g/mol. The molecule has 0 heterocycles. The Kier molecular flexibility index (Phi) is 4.58. The molecule has 0 radical (unpaired) electrons. The second-order valence-corrected chi connectivity index (χ2v) is 3.12. The van der Waals surface area contributed by atoms with E-state index in [0.29, 0.717) is 6.29 Å². The number of hydrogen-bond acceptors (Lipinski definition) is 5. The lowest BCUT2D eigenvalue weighted by atomic mass is 10.1. The highest BCUT2D eigenvalue weighted by molar-refractivity contribution is 5.89. The number of nitrogens with zero attached hydrogens (tertiary/aromatic N) is 1. The summed E-state index contributed by atoms with van der Waals surface area (Å²) < 4.78 is 4.57. The van der Waals surface area contributed by atoms with E-state index in [9.17, 15) is 19.7 Å². The van der Waals surface area contributed by atoms with Gasteiger partial charge in [0.25, 0.3) is 5.69 Å². The molecule has 1 aromatic carbocycles. The van der Waals surface area contributed by atoms with Crippen LogP contribution in [0.25, 0.3) is 0 Å². The van der Waals surface area contributed by atoms with Gasteiger partial charge in [0.1, 0.15) is 11.8 Å². The lowest BCUT2D eigenvalue weighted by molar-refractivity contribution is -0.385. The molecule has 6 nitrogen and oxygen atoms in total. The van der Waals surface area contributed by atoms with Crippen molar-refractivity contribution >= 4 is 17.9 Å². The highest BCUT2D eigenvalue weighted by Gasteiger charge is 2.12. The minimum absolute atomic E-state index is 0.0543. The van der Waals surface area contributed by atoms with Crippen LogP contribution in [0, 0.1) is 22.0 Å². The first kappa shape index (κ1) is 13.4. The molecule has 92 valence electrons. The summed E-state index contributed by atoms with van der Waals surface area (Å²) >= 11 is 0. The summed E-state index contributed by atoms with van der Waals surface area (Å²) in [6, 6.07) is 3.80. The maximum Gasteiger partial charge on any atom is 0.384 e. The molecule has 0 fully saturated rings. The van der Waals surface area contributed by atoms with Crippen molar-refractivity contribution in [2.24, 2.45) is 0 Å². The molecule has 6 heteroatoms. The molecule has 1 aromatic rings. The Morgan fingerprint density at radius 3 is 2.83 bits per heavy atom. The van der Waals surface area contributed by atoms with Crippen LogP contribution in [0.5, 0.6) is 0 Å². The average molecular weight is 247 g/mol. The molecular weight excluding hydrogens is 238 g/mol. The fourth-order valence-electron chi connectivity index (χ4n) is 1.16. The average Bonchev–Trinajstić information content (AvgIpc) is 2.36. The van der Waals surface area contributed by atoms with Gasteiger partial charge in [-0.2, -0.15) is 0 Å². The van der Waals surface area contributed by atoms with Gasteiger partial charge < -0.3 is 4.74 Å². The number of nitro groups is 1. The number of ether oxygens (including phenoxy) is 1. The van der Waals surface area contributed by atoms with Crippen LogP contribution >= 0.6 is 0 Å². The summed E-state index contributed by atoms with van der Waals surface area (Å²) in [5.74, 6) is 3.72. The van der Waals surface area contributed by atoms with E-state index < -0.39 is 10.9 Å². The second-order valence-electron chi connectivity index (χ2n) is 3.12. The number of carbonyl (C=O) groups is 2. The molecule has 0 aliphatic heterocycles. The van der Waals surface area contributed by atoms with E-state index in [1.165, 1.54) is 12.1 Å². The Balaban J connectivity index is 3.12. The zero-order valence-electron chi connectivity index (χ0n) is 9.50. The van der Waals surface area contributed by atoms with Crippen LogP contribution in [0.3, 0.4) is 0 Å². The summed E-state index contributed by atoms with van der Waals surface area (Å²) in [4.78, 5) is 31.6. The number of nitro benzene ring substituents is 1. The van der Waals surface area contributed by atoms with E-state index in [0.717, 1.165) is 6.07 Å². The van der Waals surface area contributed by atoms with Gasteiger partial charge in [-0.3, -0.25) is 14.9 Å². The lowest BCUT2D eigenvalue weighted by Crippen LogP contribution is -2.00. The van der Waals surface area contributed by atoms with Gasteiger partial charge in [0.15, 0.2) is 0 Å². The number of hydrogen-bond donors (Lipinski definition) is 0. The van der Waals surface area contributed by atoms with E-state index in [-0.39, 0.29) is 23.4 Å². The van der Waals surface area contributed by atoms with Crippen molar-refractivity contribution in [1.29, 1.82) is 0 Å². The molecular formula is C12H9NO5. The number of esters is 1. The molecule has 0 saturated heterocycles. The maximum atomic E-state index is 11.0. The van der Waals surface area contributed by atoms with Crippen LogP contribution in [-0.2, 0) is 9.53 Å². The van der Waals surface area contributed by atoms with Gasteiger partial charge in [0.05, 0.1) is 11.5 Å². The third-order valence-corrected chi connectivity index (χ3v) is 1.93. The van der Waals surface area contributed by atoms with Crippen LogP contribution < -0.4 is 0 Å². The quantitative estimate of drug-likeness (QED) is 0.264. The second kappa shape index (κ2) is 6.15. The number of aldehydes is 1. The molecule has 0 amide bonds. The SMILES string of the molecule is CCOC(=O)C#Cc1ccc(C=O)cc1[N+](=O)[O-]. The van der Waals surface area contributed by atoms with Gasteiger partial charge in [-0.05, 0) is 25.0 Å². The van der Waals surface area contributed by atoms with E-state index in [4.69, 9.17) is 0 Å². The molecule has 18 heavy (non-hydrogen) atoms. The minimum Gasteiger partial charge on any atom is -0.456 e. The summed E-state index contributed by atoms with van der Waals surface area (Å²) in [6.07, 6.45) is 0.496. The van der Waals surface area contributed by atoms with Crippen molar-refractivity contribution < 1.29 is 19.2 Å². The molecule has 0 spiro atoms. The van der Waals surface area contributed by atoms with E-state index in [1.54, 1.807) is 6.92 Å². The molecule has 0 saturated carbocycles. The van der Waals surface area contributed by atoms with E-state index in [1.807, 2.05) is 0 Å². The van der Waals surface area contributed by atoms with Gasteiger partial charge >= 0.3 is 5.97 Å². The summed E-state index contributed by atoms with van der Waals surface area (Å²) in [5.41, 5.74) is -0.0987. The van der Waals surface area contributed by atoms with Gasteiger partial charge in [-0.15, -0.1) is 0 Å². The third-order valence-electron chi connectivity index (χ3n) is 1.93. The van der Waals surface area contributed by atoms with Crippen LogP contribution in [0.4, 0.5) is 5.69 Å². The number of rotatable bonds is 3. The Hall–Kier alpha value is -2.68. The Labute approximate surface area is 103 Å². The normalized spacial score (nSPS) is 8.94. The van der Waals surface area contributed by atoms with E-state index >= 15 is 0 Å². The fraction of sp³-hybridized carbons (Fsp3) is 0.167. The van der Waals surface area contributed by atoms with Gasteiger partial charge in [0, 0.05) is 17.6 Å². The van der Waals surface area contributed by atoms with Crippen LogP contribution in [0.15, 0.2) is 18.2 Å². The molecule has 0 bridgehead atoms. The van der Waals surface area contributed by atoms with Crippen molar-refractivity contribution in [2.45, 2.75) is 6.92 Å². The molecule has 0 N–H and O–H groups in total. The van der Waals surface area contributed by atoms with Gasteiger partial charge in [-0.25, -0.2) is 4.79 Å². The van der Waals surface area contributed by atoms with Crippen molar-refractivity contribution in [3.63, 3.8) is 0 Å². The zero-order chi connectivity index (χ0) is 13.5. The predicted octanol–water partition coefficient (Wildman–Crippen LogP) is 1.32. The Morgan fingerprint density at radius 2 is 2.28 bits per heavy atom. The summed E-state index contributed by atoms with van der Waals surface area (Å²) in [7, 11) is 0. The third kappa shape index (κ3) is 3.42. The first-order chi connectivity index (χ1) is 8.58. The fourth-order valence-corrected chi connectivity index (χ4v) is 1.16. The first-order valence-electron chi connectivity index (χ1n) is 5.01. The first-order valence-corrected chi connectivity index (χ1v) is 5.01. The molecule has 0 aromatic heterocycles. The highest BCUT2D eigenvalue weighted by Crippen LogP contribution is 2.18. The van der Waals surface area contributed by atoms with Gasteiger partial charge in [-0.1, -0.05) is 0 Å². The molecule has 0 atom stereocenters. The van der Waals surface area contributed by atoms with Crippen molar-refractivity contribution in [1.82, 2.24) is 0 Å². The minimum atomic E-state index is -0.758. The smallest absolute Gasteiger partial charge is 0.384 e. The van der Waals surface area contributed by atoms with Crippen LogP contribution in [-0.4, -0.2) is 23.8 Å². The van der Waals surface area contributed by atoms with Crippen LogP contribution in [0.2, 0.25) is 0 Å². The highest BCUT2D eigenvalue weighted by atomic mass is 16.6. The standard InChI is InChI=1S/C12H9NO5/c1-2-18-12(15)6-5-10-4-3-9(8-14)7-11(10)13(16)17/h3-4,7-8H,2H2,1H3. The van der Waals surface area contributed by atoms with Crippen molar-refractivity contribution in [2.75, 3.05) is 6.61 Å². The lowest BCUT2D eigenvalue weighted by Gasteiger charge is -1.96. The topological polar surface area (TPSA) is 86.5 Å². The number of carbonyl (C=O) groups excluding carboxylic acids is 2.